The summed E-state index contributed by atoms with van der Waals surface area (Å²) in [5.41, 5.74) is -0.630. The lowest BCUT2D eigenvalue weighted by molar-refractivity contribution is -0.144. The molecule has 0 aliphatic carbocycles. The molecule has 356 valence electrons. The fraction of sp³-hybridized carbons (Fsp3) is 0.538. The topological polar surface area (TPSA) is 163 Å². The number of ketones is 1. The van der Waals surface area contributed by atoms with Crippen LogP contribution in [0.2, 0.25) is 5.04 Å². The lowest BCUT2D eigenvalue weighted by Gasteiger charge is -2.44. The van der Waals surface area contributed by atoms with Crippen LogP contribution in [0.25, 0.3) is 0 Å². The van der Waals surface area contributed by atoms with Gasteiger partial charge < -0.3 is 34.9 Å². The number of nitrogens with zero attached hydrogens (tertiary/aromatic N) is 2. The van der Waals surface area contributed by atoms with Crippen LogP contribution in [0, 0.1) is 0 Å². The Bertz CT molecular complexity index is 2100. The van der Waals surface area contributed by atoms with Crippen molar-refractivity contribution in [3.8, 4) is 5.75 Å². The summed E-state index contributed by atoms with van der Waals surface area (Å²) < 4.78 is 12.8. The number of unbranched alkanes of at least 4 members (excludes halogenated alkanes) is 2. The molecule has 13 nitrogen and oxygen atoms in total. The van der Waals surface area contributed by atoms with Gasteiger partial charge in [-0.1, -0.05) is 113 Å². The molecule has 0 aromatic heterocycles. The molecule has 5 atom stereocenters. The second-order valence-corrected chi connectivity index (χ2v) is 23.8. The van der Waals surface area contributed by atoms with E-state index in [9.17, 15) is 28.8 Å². The normalized spacial score (nSPS) is 22.5. The Morgan fingerprint density at radius 3 is 2.03 bits per heavy atom. The zero-order valence-electron chi connectivity index (χ0n) is 39.9. The lowest BCUT2D eigenvalue weighted by Crippen LogP contribution is -2.68. The van der Waals surface area contributed by atoms with Crippen molar-refractivity contribution in [3.63, 3.8) is 0 Å². The van der Waals surface area contributed by atoms with E-state index >= 15 is 0 Å². The Morgan fingerprint density at radius 2 is 1.42 bits per heavy atom. The van der Waals surface area contributed by atoms with Gasteiger partial charge in [-0.25, -0.2) is 0 Å². The van der Waals surface area contributed by atoms with Gasteiger partial charge in [-0.15, -0.1) is 0 Å². The highest BCUT2D eigenvalue weighted by molar-refractivity contribution is 6.99. The molecule has 3 N–H and O–H groups in total. The maximum atomic E-state index is 14.3. The van der Waals surface area contributed by atoms with Crippen molar-refractivity contribution in [1.29, 1.82) is 0 Å². The van der Waals surface area contributed by atoms with Crippen LogP contribution in [-0.2, 0) is 39.6 Å². The summed E-state index contributed by atoms with van der Waals surface area (Å²) in [7, 11) is -2.93. The van der Waals surface area contributed by atoms with Crippen LogP contribution < -0.4 is 31.1 Å². The summed E-state index contributed by atoms with van der Waals surface area (Å²) in [5.74, 6) is -1.27. The number of hydrogen-bond donors (Lipinski definition) is 3. The van der Waals surface area contributed by atoms with Crippen LogP contribution in [0.4, 0.5) is 0 Å². The third-order valence-corrected chi connectivity index (χ3v) is 18.9. The van der Waals surface area contributed by atoms with Crippen molar-refractivity contribution < 1.29 is 37.9 Å². The minimum Gasteiger partial charge on any atom is -0.484 e. The molecule has 3 aliphatic rings. The van der Waals surface area contributed by atoms with Crippen LogP contribution in [0.15, 0.2) is 84.9 Å². The van der Waals surface area contributed by atoms with E-state index < -0.39 is 55.8 Å². The quantitative estimate of drug-likeness (QED) is 0.120. The van der Waals surface area contributed by atoms with E-state index in [4.69, 9.17) is 9.16 Å². The van der Waals surface area contributed by atoms with Gasteiger partial charge in [0.05, 0.1) is 0 Å². The minimum atomic E-state index is -2.93. The van der Waals surface area contributed by atoms with Gasteiger partial charge in [0.1, 0.15) is 35.5 Å². The van der Waals surface area contributed by atoms with Gasteiger partial charge in [0, 0.05) is 32.5 Å². The Hall–Kier alpha value is -5.34. The number of piperidine rings is 1. The van der Waals surface area contributed by atoms with E-state index in [0.717, 1.165) is 48.3 Å². The average Bonchev–Trinajstić information content (AvgIpc) is 3.82. The molecule has 6 rings (SSSR count). The molecule has 0 unspecified atom stereocenters. The zero-order chi connectivity index (χ0) is 47.5. The molecule has 5 amide bonds. The first kappa shape index (κ1) is 50.1. The highest BCUT2D eigenvalue weighted by Gasteiger charge is 2.51. The number of fused-ring (bicyclic) bond motifs is 1. The SMILES string of the molecule is CC[C@]1(C)NC(=O)[C@H](CCCCCC(=O)[C@@H](C)O[Si](c2ccccc2)(c2ccccc2)C(C)(C)C)NC(=O)[C@H]2CCCN2C(=O)[C@H](Cc2ccc(OCC(=O)N3CCCCC3)cc2)NC1=O. The van der Waals surface area contributed by atoms with Gasteiger partial charge in [-0.05, 0) is 98.3 Å². The predicted octanol–water partition coefficient (Wildman–Crippen LogP) is 5.36. The smallest absolute Gasteiger partial charge is 0.262 e. The summed E-state index contributed by atoms with van der Waals surface area (Å²) in [6.45, 7) is 13.6. The number of ether oxygens (including phenoxy) is 1. The molecule has 3 fully saturated rings. The Kier molecular flexibility index (Phi) is 17.0. The molecule has 14 heteroatoms. The Labute approximate surface area is 392 Å². The number of likely N-dealkylation sites (tertiary alicyclic amines) is 1. The predicted molar refractivity (Wildman–Crippen MR) is 258 cm³/mol. The Balaban J connectivity index is 1.08. The Morgan fingerprint density at radius 1 is 0.788 bits per heavy atom. The van der Waals surface area contributed by atoms with Crippen molar-refractivity contribution >= 4 is 54.0 Å². The van der Waals surface area contributed by atoms with Crippen molar-refractivity contribution in [2.75, 3.05) is 26.2 Å². The van der Waals surface area contributed by atoms with E-state index in [1.54, 1.807) is 38.1 Å². The van der Waals surface area contributed by atoms with Crippen molar-refractivity contribution in [3.05, 3.63) is 90.5 Å². The van der Waals surface area contributed by atoms with Crippen molar-refractivity contribution in [2.45, 2.75) is 153 Å². The highest BCUT2D eigenvalue weighted by atomic mass is 28.4. The molecule has 66 heavy (non-hydrogen) atoms. The molecule has 3 aromatic carbocycles. The molecular formula is C52H71N5O8Si. The molecule has 3 aromatic rings. The minimum absolute atomic E-state index is 0.0105. The number of Topliss-reactive ketones (excluding diaryl/α,β-unsaturated/α-hetero) is 1. The summed E-state index contributed by atoms with van der Waals surface area (Å²) in [4.78, 5) is 86.3. The van der Waals surface area contributed by atoms with E-state index in [1.807, 2.05) is 48.2 Å². The molecule has 0 bridgehead atoms. The second kappa shape index (κ2) is 22.4. The molecule has 3 aliphatic heterocycles. The van der Waals surface area contributed by atoms with Crippen LogP contribution >= 0.6 is 0 Å². The summed E-state index contributed by atoms with van der Waals surface area (Å²) in [6, 6.07) is 24.8. The molecule has 0 radical (unpaired) electrons. The van der Waals surface area contributed by atoms with E-state index in [1.165, 1.54) is 4.90 Å². The number of benzene rings is 3. The van der Waals surface area contributed by atoms with Gasteiger partial charge in [0.25, 0.3) is 14.2 Å². The molecule has 3 saturated heterocycles. The van der Waals surface area contributed by atoms with Gasteiger partial charge in [0.15, 0.2) is 12.4 Å². The lowest BCUT2D eigenvalue weighted by atomic mass is 9.94. The highest BCUT2D eigenvalue weighted by Crippen LogP contribution is 2.38. The first-order chi connectivity index (χ1) is 31.6. The number of carbonyl (C=O) groups excluding carboxylic acids is 6. The van der Waals surface area contributed by atoms with E-state index in [-0.39, 0.29) is 48.5 Å². The van der Waals surface area contributed by atoms with Gasteiger partial charge >= 0.3 is 0 Å². The maximum Gasteiger partial charge on any atom is 0.262 e. The van der Waals surface area contributed by atoms with Crippen LogP contribution in [0.1, 0.15) is 118 Å². The fourth-order valence-corrected chi connectivity index (χ4v) is 14.3. The maximum absolute atomic E-state index is 14.3. The van der Waals surface area contributed by atoms with E-state index in [0.29, 0.717) is 50.8 Å². The zero-order valence-corrected chi connectivity index (χ0v) is 40.9. The summed E-state index contributed by atoms with van der Waals surface area (Å²) in [5, 5.41) is 10.8. The summed E-state index contributed by atoms with van der Waals surface area (Å²) in [6.07, 6.45) is 6.22. The molecule has 3 heterocycles. The molecular weight excluding hydrogens is 851 g/mol. The number of nitrogens with one attached hydrogen (secondary N) is 3. The largest absolute Gasteiger partial charge is 0.484 e. The van der Waals surface area contributed by atoms with Crippen LogP contribution in [-0.4, -0.2) is 109 Å². The molecule has 0 spiro atoms. The van der Waals surface area contributed by atoms with Crippen LogP contribution in [0.3, 0.4) is 0 Å². The first-order valence-corrected chi connectivity index (χ1v) is 26.0. The third-order valence-electron chi connectivity index (χ3n) is 13.8. The van der Waals surface area contributed by atoms with Gasteiger partial charge in [-0.3, -0.25) is 28.8 Å². The first-order valence-electron chi connectivity index (χ1n) is 24.1. The van der Waals surface area contributed by atoms with Crippen molar-refractivity contribution in [2.24, 2.45) is 0 Å². The monoisotopic (exact) mass is 922 g/mol. The number of hydrogen-bond acceptors (Lipinski definition) is 8. The molecule has 0 saturated carbocycles. The second-order valence-electron chi connectivity index (χ2n) is 19.5. The average molecular weight is 922 g/mol. The van der Waals surface area contributed by atoms with Crippen LogP contribution in [0.5, 0.6) is 5.75 Å². The van der Waals surface area contributed by atoms with Gasteiger partial charge in [0.2, 0.25) is 23.6 Å². The standard InChI is InChI=1S/C52H71N5O8Si/c1-7-52(6)50(63)54-43(35-38-28-30-39(31-29-38)64-36-46(59)56-32-18-11-19-33-56)49(62)57-34-20-26-44(57)48(61)53-42(47(60)55-52)25-16-10-17-27-45(58)37(2)65-66(51(3,4)5,40-21-12-8-13-22-40)41-23-14-9-15-24-41/h8-9,12-15,21-24,28-31,37,42-44H,7,10-11,16-20,25-27,32-36H2,1-6H3,(H,53,61)(H,54,63)(H,55,60)/t37-,42+,43+,44-,52+/m1/s1. The fourth-order valence-electron chi connectivity index (χ4n) is 9.61. The third kappa shape index (κ3) is 12.0. The number of rotatable bonds is 17. The number of amides is 5. The van der Waals surface area contributed by atoms with Gasteiger partial charge in [-0.2, -0.15) is 0 Å². The van der Waals surface area contributed by atoms with E-state index in [2.05, 4.69) is 61.0 Å². The van der Waals surface area contributed by atoms with Crippen molar-refractivity contribution in [1.82, 2.24) is 25.8 Å². The number of carbonyl (C=O) groups is 6. The summed E-state index contributed by atoms with van der Waals surface area (Å²) >= 11 is 0.